The van der Waals surface area contributed by atoms with E-state index in [1.807, 2.05) is 37.6 Å². The third kappa shape index (κ3) is 5.30. The summed E-state index contributed by atoms with van der Waals surface area (Å²) in [4.78, 5) is 11.1. The van der Waals surface area contributed by atoms with Crippen LogP contribution in [0.15, 0.2) is 28.7 Å². The van der Waals surface area contributed by atoms with Crippen LogP contribution in [0.3, 0.4) is 0 Å². The number of rotatable bonds is 7. The van der Waals surface area contributed by atoms with E-state index < -0.39 is 5.60 Å². The Morgan fingerprint density at radius 2 is 2.22 bits per heavy atom. The van der Waals surface area contributed by atoms with Gasteiger partial charge < -0.3 is 15.7 Å². The van der Waals surface area contributed by atoms with Crippen LogP contribution in [0.5, 0.6) is 0 Å². The van der Waals surface area contributed by atoms with Crippen molar-refractivity contribution in [2.24, 2.45) is 4.99 Å². The van der Waals surface area contributed by atoms with Crippen LogP contribution in [0, 0.1) is 0 Å². The van der Waals surface area contributed by atoms with E-state index >= 15 is 0 Å². The SMILES string of the molecule is CCNC(=NCc1ncc(CC)s1)NCC(C)(O)c1cccs1. The Balaban J connectivity index is 1.96. The summed E-state index contributed by atoms with van der Waals surface area (Å²) in [6.45, 7) is 7.67. The number of nitrogens with one attached hydrogen (secondary N) is 2. The lowest BCUT2D eigenvalue weighted by atomic mass is 10.1. The molecule has 1 unspecified atom stereocenters. The molecule has 5 nitrogen and oxygen atoms in total. The molecule has 0 fully saturated rings. The lowest BCUT2D eigenvalue weighted by Gasteiger charge is -2.23. The predicted molar refractivity (Wildman–Crippen MR) is 98.2 cm³/mol. The molecule has 0 aliphatic carbocycles. The van der Waals surface area contributed by atoms with Gasteiger partial charge in [-0.05, 0) is 31.7 Å². The molecule has 0 saturated carbocycles. The summed E-state index contributed by atoms with van der Waals surface area (Å²) in [6, 6.07) is 3.89. The van der Waals surface area contributed by atoms with Gasteiger partial charge in [-0.15, -0.1) is 22.7 Å². The van der Waals surface area contributed by atoms with Crippen LogP contribution in [0.2, 0.25) is 0 Å². The van der Waals surface area contributed by atoms with Crippen molar-refractivity contribution in [3.63, 3.8) is 0 Å². The van der Waals surface area contributed by atoms with Crippen molar-refractivity contribution >= 4 is 28.6 Å². The molecule has 1 atom stereocenters. The molecule has 2 heterocycles. The molecule has 0 aliphatic rings. The second-order valence-electron chi connectivity index (χ2n) is 5.37. The third-order valence-corrected chi connectivity index (χ3v) is 5.57. The van der Waals surface area contributed by atoms with Crippen molar-refractivity contribution in [3.05, 3.63) is 38.5 Å². The van der Waals surface area contributed by atoms with Crippen LogP contribution in [-0.2, 0) is 18.6 Å². The second kappa shape index (κ2) is 8.42. The quantitative estimate of drug-likeness (QED) is 0.529. The Hall–Kier alpha value is -1.44. The Kier molecular flexibility index (Phi) is 6.56. The molecule has 0 saturated heterocycles. The average molecular weight is 353 g/mol. The zero-order valence-electron chi connectivity index (χ0n) is 13.8. The molecule has 0 bridgehead atoms. The minimum Gasteiger partial charge on any atom is -0.383 e. The fourth-order valence-corrected chi connectivity index (χ4v) is 3.57. The van der Waals surface area contributed by atoms with Crippen molar-refractivity contribution in [3.8, 4) is 0 Å². The van der Waals surface area contributed by atoms with E-state index in [1.165, 1.54) is 4.88 Å². The smallest absolute Gasteiger partial charge is 0.191 e. The van der Waals surface area contributed by atoms with E-state index in [2.05, 4.69) is 27.5 Å². The van der Waals surface area contributed by atoms with Gasteiger partial charge in [0.25, 0.3) is 0 Å². The van der Waals surface area contributed by atoms with Gasteiger partial charge >= 0.3 is 0 Å². The first-order valence-corrected chi connectivity index (χ1v) is 9.47. The van der Waals surface area contributed by atoms with E-state index in [9.17, 15) is 5.11 Å². The summed E-state index contributed by atoms with van der Waals surface area (Å²) >= 11 is 3.24. The van der Waals surface area contributed by atoms with Gasteiger partial charge in [0.1, 0.15) is 10.6 Å². The van der Waals surface area contributed by atoms with E-state index in [0.29, 0.717) is 19.0 Å². The number of hydrogen-bond acceptors (Lipinski definition) is 5. The summed E-state index contributed by atoms with van der Waals surface area (Å²) in [6.07, 6.45) is 2.92. The zero-order valence-corrected chi connectivity index (χ0v) is 15.4. The van der Waals surface area contributed by atoms with Gasteiger partial charge in [0.05, 0.1) is 13.1 Å². The minimum absolute atomic E-state index is 0.400. The minimum atomic E-state index is -0.916. The molecule has 2 aromatic rings. The van der Waals surface area contributed by atoms with Crippen molar-refractivity contribution in [1.29, 1.82) is 0 Å². The Morgan fingerprint density at radius 3 is 2.83 bits per heavy atom. The molecule has 2 rings (SSSR count). The first-order chi connectivity index (χ1) is 11.0. The maximum Gasteiger partial charge on any atom is 0.191 e. The Morgan fingerprint density at radius 1 is 1.39 bits per heavy atom. The Labute approximate surface area is 145 Å². The standard InChI is InChI=1S/C16H24N4OS2/c1-4-12-9-18-14(23-12)10-19-15(17-5-2)20-11-16(3,21)13-7-6-8-22-13/h6-9,21H,4-5,10-11H2,1-3H3,(H2,17,19,20). The predicted octanol–water partition coefficient (Wildman–Crippen LogP) is 2.73. The van der Waals surface area contributed by atoms with E-state index in [4.69, 9.17) is 0 Å². The fraction of sp³-hybridized carbons (Fsp3) is 0.500. The van der Waals surface area contributed by atoms with Crippen LogP contribution < -0.4 is 10.6 Å². The molecular weight excluding hydrogens is 328 g/mol. The summed E-state index contributed by atoms with van der Waals surface area (Å²) in [7, 11) is 0. The zero-order chi connectivity index (χ0) is 16.7. The molecular formula is C16H24N4OS2. The van der Waals surface area contributed by atoms with Crippen LogP contribution in [0.4, 0.5) is 0 Å². The lowest BCUT2D eigenvalue weighted by molar-refractivity contribution is 0.0655. The molecule has 2 aromatic heterocycles. The first kappa shape index (κ1) is 17.9. The van der Waals surface area contributed by atoms with Gasteiger partial charge in [0, 0.05) is 22.5 Å². The van der Waals surface area contributed by atoms with Crippen molar-refractivity contribution in [2.45, 2.75) is 39.3 Å². The van der Waals surface area contributed by atoms with Gasteiger partial charge in [-0.3, -0.25) is 0 Å². The van der Waals surface area contributed by atoms with E-state index in [1.54, 1.807) is 22.7 Å². The van der Waals surface area contributed by atoms with Gasteiger partial charge in [-0.2, -0.15) is 0 Å². The number of aliphatic hydroxyl groups is 1. The fourth-order valence-electron chi connectivity index (χ4n) is 2.00. The number of aryl methyl sites for hydroxylation is 1. The largest absolute Gasteiger partial charge is 0.383 e. The van der Waals surface area contributed by atoms with E-state index in [-0.39, 0.29) is 0 Å². The Bertz CT molecular complexity index is 620. The van der Waals surface area contributed by atoms with Crippen LogP contribution >= 0.6 is 22.7 Å². The maximum atomic E-state index is 10.6. The third-order valence-electron chi connectivity index (χ3n) is 3.32. The highest BCUT2D eigenvalue weighted by Gasteiger charge is 2.24. The monoisotopic (exact) mass is 352 g/mol. The highest BCUT2D eigenvalue weighted by Crippen LogP contribution is 2.24. The summed E-state index contributed by atoms with van der Waals surface area (Å²) in [5, 5.41) is 20.0. The lowest BCUT2D eigenvalue weighted by Crippen LogP contribution is -2.44. The molecule has 7 heteroatoms. The molecule has 126 valence electrons. The molecule has 0 amide bonds. The summed E-state index contributed by atoms with van der Waals surface area (Å²) < 4.78 is 0. The number of nitrogens with zero attached hydrogens (tertiary/aromatic N) is 2. The number of guanidine groups is 1. The van der Waals surface area contributed by atoms with Crippen molar-refractivity contribution in [1.82, 2.24) is 15.6 Å². The van der Waals surface area contributed by atoms with Gasteiger partial charge in [-0.1, -0.05) is 13.0 Å². The summed E-state index contributed by atoms with van der Waals surface area (Å²) in [5.74, 6) is 0.692. The van der Waals surface area contributed by atoms with Crippen LogP contribution in [0.25, 0.3) is 0 Å². The first-order valence-electron chi connectivity index (χ1n) is 7.77. The van der Waals surface area contributed by atoms with Crippen molar-refractivity contribution < 1.29 is 5.11 Å². The molecule has 3 N–H and O–H groups in total. The topological polar surface area (TPSA) is 69.5 Å². The molecule has 23 heavy (non-hydrogen) atoms. The average Bonchev–Trinajstić information content (AvgIpc) is 3.21. The number of aromatic nitrogens is 1. The summed E-state index contributed by atoms with van der Waals surface area (Å²) in [5.41, 5.74) is -0.916. The van der Waals surface area contributed by atoms with Crippen LogP contribution in [-0.4, -0.2) is 29.1 Å². The normalized spacial score (nSPS) is 14.5. The molecule has 0 spiro atoms. The second-order valence-corrected chi connectivity index (χ2v) is 7.52. The van der Waals surface area contributed by atoms with Gasteiger partial charge in [0.15, 0.2) is 5.96 Å². The number of hydrogen-bond donors (Lipinski definition) is 3. The maximum absolute atomic E-state index is 10.6. The highest BCUT2D eigenvalue weighted by molar-refractivity contribution is 7.11. The molecule has 0 aromatic carbocycles. The van der Waals surface area contributed by atoms with Crippen LogP contribution in [0.1, 0.15) is 35.5 Å². The van der Waals surface area contributed by atoms with Gasteiger partial charge in [0.2, 0.25) is 0 Å². The highest BCUT2D eigenvalue weighted by atomic mass is 32.1. The van der Waals surface area contributed by atoms with Crippen molar-refractivity contribution in [2.75, 3.05) is 13.1 Å². The number of aliphatic imine (C=N–C) groups is 1. The van der Waals surface area contributed by atoms with Gasteiger partial charge in [-0.25, -0.2) is 9.98 Å². The van der Waals surface area contributed by atoms with E-state index in [0.717, 1.165) is 22.9 Å². The molecule has 0 radical (unpaired) electrons. The number of thiophene rings is 1. The number of thiazole rings is 1. The molecule has 0 aliphatic heterocycles.